The summed E-state index contributed by atoms with van der Waals surface area (Å²) in [5.41, 5.74) is 0.978. The summed E-state index contributed by atoms with van der Waals surface area (Å²) < 4.78 is 18.6. The third-order valence-electron chi connectivity index (χ3n) is 2.26. The van der Waals surface area contributed by atoms with E-state index in [0.717, 1.165) is 5.56 Å². The Morgan fingerprint density at radius 2 is 2.24 bits per heavy atom. The van der Waals surface area contributed by atoms with Crippen LogP contribution in [0.25, 0.3) is 0 Å². The average molecular weight is 232 g/mol. The van der Waals surface area contributed by atoms with E-state index in [2.05, 4.69) is 10.3 Å². The third kappa shape index (κ3) is 3.01. The van der Waals surface area contributed by atoms with Gasteiger partial charge in [-0.1, -0.05) is 6.07 Å². The third-order valence-corrected chi connectivity index (χ3v) is 2.26. The molecule has 0 saturated heterocycles. The molecule has 0 radical (unpaired) electrons. The summed E-state index contributed by atoms with van der Waals surface area (Å²) >= 11 is 0. The standard InChI is InChI=1S/C13H13FN2O/c1-15-8-10-5-6-16-9-13(10)17-12-4-2-3-11(14)7-12/h2-7,9,15H,8H2,1H3. The normalized spacial score (nSPS) is 10.2. The van der Waals surface area contributed by atoms with E-state index in [1.807, 2.05) is 13.1 Å². The predicted molar refractivity (Wildman–Crippen MR) is 63.5 cm³/mol. The second-order valence-electron chi connectivity index (χ2n) is 3.57. The second kappa shape index (κ2) is 5.41. The van der Waals surface area contributed by atoms with Crippen molar-refractivity contribution in [3.05, 3.63) is 54.1 Å². The highest BCUT2D eigenvalue weighted by molar-refractivity contribution is 5.35. The van der Waals surface area contributed by atoms with Crippen LogP contribution in [-0.4, -0.2) is 12.0 Å². The van der Waals surface area contributed by atoms with Crippen molar-refractivity contribution >= 4 is 0 Å². The molecule has 0 aliphatic heterocycles. The van der Waals surface area contributed by atoms with Crippen molar-refractivity contribution in [3.8, 4) is 11.5 Å². The summed E-state index contributed by atoms with van der Waals surface area (Å²) in [7, 11) is 1.85. The van der Waals surface area contributed by atoms with E-state index in [1.165, 1.54) is 12.1 Å². The zero-order chi connectivity index (χ0) is 12.1. The van der Waals surface area contributed by atoms with Gasteiger partial charge >= 0.3 is 0 Å². The summed E-state index contributed by atoms with van der Waals surface area (Å²) in [6, 6.07) is 7.91. The molecule has 0 bridgehead atoms. The van der Waals surface area contributed by atoms with E-state index in [0.29, 0.717) is 18.0 Å². The second-order valence-corrected chi connectivity index (χ2v) is 3.57. The number of ether oxygens (including phenoxy) is 1. The fraction of sp³-hybridized carbons (Fsp3) is 0.154. The largest absolute Gasteiger partial charge is 0.455 e. The van der Waals surface area contributed by atoms with Crippen molar-refractivity contribution in [1.82, 2.24) is 10.3 Å². The van der Waals surface area contributed by atoms with Gasteiger partial charge in [-0.15, -0.1) is 0 Å². The number of hydrogen-bond acceptors (Lipinski definition) is 3. The molecule has 1 aromatic carbocycles. The summed E-state index contributed by atoms with van der Waals surface area (Å²) in [6.07, 6.45) is 3.32. The Labute approximate surface area is 99.3 Å². The first kappa shape index (κ1) is 11.5. The molecule has 0 atom stereocenters. The highest BCUT2D eigenvalue weighted by Crippen LogP contribution is 2.24. The van der Waals surface area contributed by atoms with Gasteiger partial charge in [0.1, 0.15) is 17.3 Å². The molecule has 1 N–H and O–H groups in total. The number of aromatic nitrogens is 1. The number of benzene rings is 1. The summed E-state index contributed by atoms with van der Waals surface area (Å²) in [5.74, 6) is 0.782. The Morgan fingerprint density at radius 3 is 3.00 bits per heavy atom. The molecule has 1 heterocycles. The van der Waals surface area contributed by atoms with Gasteiger partial charge in [0, 0.05) is 24.4 Å². The van der Waals surface area contributed by atoms with Gasteiger partial charge in [-0.2, -0.15) is 0 Å². The van der Waals surface area contributed by atoms with Crippen LogP contribution >= 0.6 is 0 Å². The number of hydrogen-bond donors (Lipinski definition) is 1. The van der Waals surface area contributed by atoms with Crippen molar-refractivity contribution in [2.75, 3.05) is 7.05 Å². The number of rotatable bonds is 4. The zero-order valence-corrected chi connectivity index (χ0v) is 9.48. The topological polar surface area (TPSA) is 34.2 Å². The highest BCUT2D eigenvalue weighted by Gasteiger charge is 2.04. The fourth-order valence-electron chi connectivity index (χ4n) is 1.49. The molecule has 1 aromatic heterocycles. The van der Waals surface area contributed by atoms with E-state index in [4.69, 9.17) is 4.74 Å². The van der Waals surface area contributed by atoms with Crippen LogP contribution in [0.5, 0.6) is 11.5 Å². The molecular weight excluding hydrogens is 219 g/mol. The van der Waals surface area contributed by atoms with E-state index in [9.17, 15) is 4.39 Å². The van der Waals surface area contributed by atoms with Crippen LogP contribution in [0.2, 0.25) is 0 Å². The van der Waals surface area contributed by atoms with Crippen molar-refractivity contribution in [1.29, 1.82) is 0 Å². The predicted octanol–water partition coefficient (Wildman–Crippen LogP) is 2.73. The molecule has 3 nitrogen and oxygen atoms in total. The fourth-order valence-corrected chi connectivity index (χ4v) is 1.49. The smallest absolute Gasteiger partial charge is 0.150 e. The molecule has 17 heavy (non-hydrogen) atoms. The first-order valence-corrected chi connectivity index (χ1v) is 5.30. The molecule has 2 rings (SSSR count). The summed E-state index contributed by atoms with van der Waals surface area (Å²) in [6.45, 7) is 0.674. The highest BCUT2D eigenvalue weighted by atomic mass is 19.1. The molecule has 0 fully saturated rings. The van der Waals surface area contributed by atoms with Crippen molar-refractivity contribution < 1.29 is 9.13 Å². The number of halogens is 1. The van der Waals surface area contributed by atoms with Gasteiger partial charge in [-0.3, -0.25) is 4.98 Å². The lowest BCUT2D eigenvalue weighted by Gasteiger charge is -2.10. The van der Waals surface area contributed by atoms with Gasteiger partial charge in [0.25, 0.3) is 0 Å². The van der Waals surface area contributed by atoms with E-state index in [1.54, 1.807) is 24.5 Å². The van der Waals surface area contributed by atoms with Crippen molar-refractivity contribution in [2.24, 2.45) is 0 Å². The van der Waals surface area contributed by atoms with Gasteiger partial charge in [0.15, 0.2) is 0 Å². The molecule has 0 aliphatic carbocycles. The van der Waals surface area contributed by atoms with Gasteiger partial charge in [0.2, 0.25) is 0 Å². The Kier molecular flexibility index (Phi) is 3.67. The maximum absolute atomic E-state index is 13.0. The molecule has 4 heteroatoms. The number of nitrogens with one attached hydrogen (secondary N) is 1. The van der Waals surface area contributed by atoms with E-state index in [-0.39, 0.29) is 5.82 Å². The lowest BCUT2D eigenvalue weighted by Crippen LogP contribution is -2.06. The minimum Gasteiger partial charge on any atom is -0.455 e. The van der Waals surface area contributed by atoms with Crippen LogP contribution in [0, 0.1) is 5.82 Å². The molecule has 2 aromatic rings. The van der Waals surface area contributed by atoms with Crippen LogP contribution in [0.4, 0.5) is 4.39 Å². The quantitative estimate of drug-likeness (QED) is 0.880. The van der Waals surface area contributed by atoms with Gasteiger partial charge < -0.3 is 10.1 Å². The maximum Gasteiger partial charge on any atom is 0.150 e. The zero-order valence-electron chi connectivity index (χ0n) is 9.48. The maximum atomic E-state index is 13.0. The van der Waals surface area contributed by atoms with Crippen LogP contribution < -0.4 is 10.1 Å². The van der Waals surface area contributed by atoms with Crippen molar-refractivity contribution in [3.63, 3.8) is 0 Å². The first-order valence-electron chi connectivity index (χ1n) is 5.30. The monoisotopic (exact) mass is 232 g/mol. The van der Waals surface area contributed by atoms with Crippen LogP contribution in [0.15, 0.2) is 42.7 Å². The minimum atomic E-state index is -0.318. The molecule has 0 aliphatic rings. The summed E-state index contributed by atoms with van der Waals surface area (Å²) in [5, 5.41) is 3.04. The molecule has 0 saturated carbocycles. The Balaban J connectivity index is 2.23. The Morgan fingerprint density at radius 1 is 1.35 bits per heavy atom. The molecule has 88 valence electrons. The van der Waals surface area contributed by atoms with E-state index >= 15 is 0 Å². The lowest BCUT2D eigenvalue weighted by atomic mass is 10.2. The first-order chi connectivity index (χ1) is 8.29. The Bertz CT molecular complexity index is 502. The van der Waals surface area contributed by atoms with Crippen LogP contribution in [0.1, 0.15) is 5.56 Å². The van der Waals surface area contributed by atoms with Crippen molar-refractivity contribution in [2.45, 2.75) is 6.54 Å². The van der Waals surface area contributed by atoms with Crippen LogP contribution in [0.3, 0.4) is 0 Å². The van der Waals surface area contributed by atoms with Gasteiger partial charge in [-0.25, -0.2) is 4.39 Å². The minimum absolute atomic E-state index is 0.318. The Hall–Kier alpha value is -1.94. The average Bonchev–Trinajstić information content (AvgIpc) is 2.32. The van der Waals surface area contributed by atoms with Gasteiger partial charge in [-0.05, 0) is 25.2 Å². The lowest BCUT2D eigenvalue weighted by molar-refractivity contribution is 0.466. The SMILES string of the molecule is CNCc1ccncc1Oc1cccc(F)c1. The molecule has 0 unspecified atom stereocenters. The van der Waals surface area contributed by atoms with Crippen LogP contribution in [-0.2, 0) is 6.54 Å². The van der Waals surface area contributed by atoms with E-state index < -0.39 is 0 Å². The number of pyridine rings is 1. The van der Waals surface area contributed by atoms with Gasteiger partial charge in [0.05, 0.1) is 6.20 Å². The number of nitrogens with zero attached hydrogens (tertiary/aromatic N) is 1. The molecule has 0 amide bonds. The molecule has 0 spiro atoms. The molecular formula is C13H13FN2O. The summed E-state index contributed by atoms with van der Waals surface area (Å²) in [4.78, 5) is 4.00.